The van der Waals surface area contributed by atoms with E-state index in [0.29, 0.717) is 24.7 Å². The fourth-order valence-corrected chi connectivity index (χ4v) is 3.00. The summed E-state index contributed by atoms with van der Waals surface area (Å²) in [4.78, 5) is 18.9. The predicted molar refractivity (Wildman–Crippen MR) is 84.9 cm³/mol. The maximum absolute atomic E-state index is 13.1. The standard InChI is InChI=1S/C17H21N3O4/c1-3-23-15(12-7-5-4-6-8-12)17(22)20-10-13(21)9-14(20)16-18-11(2)19-24-16/h4-8,13-15,21H,3,9-10H2,1-2H3/t13-,14-,15?/m1/s1. The average molecular weight is 331 g/mol. The molecular weight excluding hydrogens is 310 g/mol. The molecule has 2 heterocycles. The van der Waals surface area contributed by atoms with Crippen LogP contribution >= 0.6 is 0 Å². The van der Waals surface area contributed by atoms with Crippen molar-refractivity contribution < 1.29 is 19.2 Å². The molecule has 1 fully saturated rings. The number of rotatable bonds is 5. The van der Waals surface area contributed by atoms with Crippen LogP contribution in [0.25, 0.3) is 0 Å². The zero-order chi connectivity index (χ0) is 17.1. The number of ether oxygens (including phenoxy) is 1. The van der Waals surface area contributed by atoms with E-state index in [0.717, 1.165) is 5.56 Å². The Bertz CT molecular complexity index is 688. The Morgan fingerprint density at radius 2 is 2.21 bits per heavy atom. The molecule has 1 aliphatic heterocycles. The zero-order valence-electron chi connectivity index (χ0n) is 13.8. The Morgan fingerprint density at radius 1 is 1.46 bits per heavy atom. The lowest BCUT2D eigenvalue weighted by Crippen LogP contribution is -2.36. The van der Waals surface area contributed by atoms with Gasteiger partial charge in [0.1, 0.15) is 6.04 Å². The van der Waals surface area contributed by atoms with Gasteiger partial charge in [-0.2, -0.15) is 4.98 Å². The van der Waals surface area contributed by atoms with Gasteiger partial charge in [-0.3, -0.25) is 4.79 Å². The smallest absolute Gasteiger partial charge is 0.257 e. The Morgan fingerprint density at radius 3 is 2.83 bits per heavy atom. The van der Waals surface area contributed by atoms with Gasteiger partial charge in [0.2, 0.25) is 5.89 Å². The minimum Gasteiger partial charge on any atom is -0.391 e. The first-order valence-corrected chi connectivity index (χ1v) is 8.05. The molecule has 1 amide bonds. The molecule has 0 aliphatic carbocycles. The Hall–Kier alpha value is -2.25. The molecule has 24 heavy (non-hydrogen) atoms. The predicted octanol–water partition coefficient (Wildman–Crippen LogP) is 1.79. The summed E-state index contributed by atoms with van der Waals surface area (Å²) in [7, 11) is 0. The lowest BCUT2D eigenvalue weighted by molar-refractivity contribution is -0.145. The highest BCUT2D eigenvalue weighted by molar-refractivity contribution is 5.83. The summed E-state index contributed by atoms with van der Waals surface area (Å²) in [6, 6.07) is 8.91. The minimum atomic E-state index is -0.715. The number of aliphatic hydroxyl groups excluding tert-OH is 1. The molecule has 1 aromatic heterocycles. The second-order valence-corrected chi connectivity index (χ2v) is 5.82. The molecule has 3 rings (SSSR count). The monoisotopic (exact) mass is 331 g/mol. The Balaban J connectivity index is 1.87. The highest BCUT2D eigenvalue weighted by Crippen LogP contribution is 2.34. The van der Waals surface area contributed by atoms with Crippen LogP contribution in [0, 0.1) is 6.92 Å². The number of aliphatic hydroxyl groups is 1. The van der Waals surface area contributed by atoms with Crippen molar-refractivity contribution in [3.63, 3.8) is 0 Å². The second-order valence-electron chi connectivity index (χ2n) is 5.82. The van der Waals surface area contributed by atoms with E-state index in [2.05, 4.69) is 10.1 Å². The van der Waals surface area contributed by atoms with Crippen molar-refractivity contribution in [1.82, 2.24) is 15.0 Å². The molecule has 1 unspecified atom stereocenters. The van der Waals surface area contributed by atoms with E-state index in [-0.39, 0.29) is 12.5 Å². The van der Waals surface area contributed by atoms with Crippen LogP contribution in [0.1, 0.15) is 42.8 Å². The van der Waals surface area contributed by atoms with Crippen molar-refractivity contribution in [1.29, 1.82) is 0 Å². The number of β-amino-alcohol motifs (C(OH)–C–C–N with tert-alkyl or cyclic N) is 1. The van der Waals surface area contributed by atoms with Crippen LogP contribution in [-0.2, 0) is 9.53 Å². The molecule has 0 radical (unpaired) electrons. The van der Waals surface area contributed by atoms with Crippen molar-refractivity contribution in [2.45, 2.75) is 38.5 Å². The van der Waals surface area contributed by atoms with Crippen molar-refractivity contribution >= 4 is 5.91 Å². The molecule has 1 aromatic carbocycles. The van der Waals surface area contributed by atoms with E-state index in [1.165, 1.54) is 0 Å². The quantitative estimate of drug-likeness (QED) is 0.898. The molecule has 1 N–H and O–H groups in total. The summed E-state index contributed by atoms with van der Waals surface area (Å²) in [5.41, 5.74) is 0.784. The first-order valence-electron chi connectivity index (χ1n) is 8.05. The van der Waals surface area contributed by atoms with Gasteiger partial charge in [-0.15, -0.1) is 0 Å². The number of aromatic nitrogens is 2. The van der Waals surface area contributed by atoms with Crippen molar-refractivity contribution in [3.8, 4) is 0 Å². The fourth-order valence-electron chi connectivity index (χ4n) is 3.00. The fraction of sp³-hybridized carbons (Fsp3) is 0.471. The highest BCUT2D eigenvalue weighted by Gasteiger charge is 2.41. The zero-order valence-corrected chi connectivity index (χ0v) is 13.8. The number of benzene rings is 1. The van der Waals surface area contributed by atoms with Gasteiger partial charge in [0.25, 0.3) is 5.91 Å². The summed E-state index contributed by atoms with van der Waals surface area (Å²) in [6.45, 7) is 4.20. The molecular formula is C17H21N3O4. The SMILES string of the molecule is CCOC(C(=O)N1C[C@H](O)C[C@@H]1c1nc(C)no1)c1ccccc1. The largest absolute Gasteiger partial charge is 0.391 e. The van der Waals surface area contributed by atoms with Crippen LogP contribution < -0.4 is 0 Å². The van der Waals surface area contributed by atoms with Crippen LogP contribution in [0.2, 0.25) is 0 Å². The number of likely N-dealkylation sites (tertiary alicyclic amines) is 1. The average Bonchev–Trinajstić information content (AvgIpc) is 3.18. The number of hydrogen-bond donors (Lipinski definition) is 1. The highest BCUT2D eigenvalue weighted by atomic mass is 16.5. The number of carbonyl (C=O) groups excluding carboxylic acids is 1. The summed E-state index contributed by atoms with van der Waals surface area (Å²) in [6.07, 6.45) is -0.960. The lowest BCUT2D eigenvalue weighted by Gasteiger charge is -2.27. The number of aryl methyl sites for hydroxylation is 1. The van der Waals surface area contributed by atoms with E-state index >= 15 is 0 Å². The molecule has 7 nitrogen and oxygen atoms in total. The molecule has 7 heteroatoms. The third kappa shape index (κ3) is 3.32. The van der Waals surface area contributed by atoms with Gasteiger partial charge in [-0.1, -0.05) is 35.5 Å². The molecule has 1 aliphatic rings. The van der Waals surface area contributed by atoms with Gasteiger partial charge < -0.3 is 19.3 Å². The van der Waals surface area contributed by atoms with E-state index < -0.39 is 18.2 Å². The maximum Gasteiger partial charge on any atom is 0.257 e. The molecule has 2 aromatic rings. The van der Waals surface area contributed by atoms with Gasteiger partial charge in [0.15, 0.2) is 11.9 Å². The van der Waals surface area contributed by atoms with Crippen molar-refractivity contribution in [2.75, 3.05) is 13.2 Å². The van der Waals surface area contributed by atoms with Crippen molar-refractivity contribution in [2.24, 2.45) is 0 Å². The van der Waals surface area contributed by atoms with Crippen molar-refractivity contribution in [3.05, 3.63) is 47.6 Å². The Kier molecular flexibility index (Phi) is 4.92. The number of hydrogen-bond acceptors (Lipinski definition) is 6. The van der Waals surface area contributed by atoms with Crippen LogP contribution in [0.5, 0.6) is 0 Å². The van der Waals surface area contributed by atoms with E-state index in [4.69, 9.17) is 9.26 Å². The topological polar surface area (TPSA) is 88.7 Å². The van der Waals surface area contributed by atoms with Gasteiger partial charge in [-0.05, 0) is 19.4 Å². The normalized spacial score (nSPS) is 21.9. The van der Waals surface area contributed by atoms with Crippen LogP contribution in [-0.4, -0.2) is 45.3 Å². The van der Waals surface area contributed by atoms with Crippen LogP contribution in [0.15, 0.2) is 34.9 Å². The maximum atomic E-state index is 13.1. The Labute approximate surface area is 140 Å². The summed E-state index contributed by atoms with van der Waals surface area (Å²) in [5, 5.41) is 13.8. The first kappa shape index (κ1) is 16.6. The van der Waals surface area contributed by atoms with E-state index in [1.807, 2.05) is 37.3 Å². The number of carbonyl (C=O) groups is 1. The molecule has 128 valence electrons. The summed E-state index contributed by atoms with van der Waals surface area (Å²) in [5.74, 6) is 0.643. The summed E-state index contributed by atoms with van der Waals surface area (Å²) < 4.78 is 10.9. The van der Waals surface area contributed by atoms with E-state index in [1.54, 1.807) is 11.8 Å². The molecule has 3 atom stereocenters. The number of amides is 1. The third-order valence-corrected chi connectivity index (χ3v) is 4.05. The first-order chi connectivity index (χ1) is 11.6. The minimum absolute atomic E-state index is 0.208. The number of nitrogens with zero attached hydrogens (tertiary/aromatic N) is 3. The second kappa shape index (κ2) is 7.11. The van der Waals surface area contributed by atoms with Gasteiger partial charge in [-0.25, -0.2) is 0 Å². The van der Waals surface area contributed by atoms with Crippen LogP contribution in [0.4, 0.5) is 0 Å². The summed E-state index contributed by atoms with van der Waals surface area (Å²) >= 11 is 0. The van der Waals surface area contributed by atoms with E-state index in [9.17, 15) is 9.90 Å². The molecule has 0 spiro atoms. The van der Waals surface area contributed by atoms with Gasteiger partial charge in [0.05, 0.1) is 6.10 Å². The molecule has 0 bridgehead atoms. The van der Waals surface area contributed by atoms with Gasteiger partial charge >= 0.3 is 0 Å². The van der Waals surface area contributed by atoms with Crippen LogP contribution in [0.3, 0.4) is 0 Å². The molecule has 0 saturated carbocycles. The third-order valence-electron chi connectivity index (χ3n) is 4.05. The lowest BCUT2D eigenvalue weighted by atomic mass is 10.1. The van der Waals surface area contributed by atoms with Gasteiger partial charge in [0, 0.05) is 19.6 Å². The molecule has 1 saturated heterocycles.